The normalized spacial score (nSPS) is 14.0. The topological polar surface area (TPSA) is 67.4 Å². The van der Waals surface area contributed by atoms with E-state index >= 15 is 0 Å². The second-order valence-electron chi connectivity index (χ2n) is 5.83. The summed E-state index contributed by atoms with van der Waals surface area (Å²) in [4.78, 5) is 0. The van der Waals surface area contributed by atoms with Crippen molar-refractivity contribution in [3.05, 3.63) is 29.8 Å². The number of nitrogens with one attached hydrogen (secondary N) is 2. The monoisotopic (exact) mass is 314 g/mol. The lowest BCUT2D eigenvalue weighted by atomic mass is 10.0. The lowest BCUT2D eigenvalue weighted by Gasteiger charge is -2.28. The molecule has 0 fully saturated rings. The second-order valence-corrected chi connectivity index (χ2v) is 7.58. The van der Waals surface area contributed by atoms with Crippen molar-refractivity contribution >= 4 is 10.0 Å². The molecule has 0 saturated heterocycles. The molecule has 0 bridgehead atoms. The van der Waals surface area contributed by atoms with Crippen molar-refractivity contribution in [2.24, 2.45) is 0 Å². The maximum atomic E-state index is 11.3. The number of sulfonamides is 1. The summed E-state index contributed by atoms with van der Waals surface area (Å²) in [7, 11) is -3.23. The van der Waals surface area contributed by atoms with E-state index in [1.54, 1.807) is 0 Å². The van der Waals surface area contributed by atoms with Crippen LogP contribution < -0.4 is 14.8 Å². The van der Waals surface area contributed by atoms with Gasteiger partial charge in [-0.3, -0.25) is 0 Å². The summed E-state index contributed by atoms with van der Waals surface area (Å²) in [5.41, 5.74) is 0.511. The minimum absolute atomic E-state index is 0.0633. The summed E-state index contributed by atoms with van der Waals surface area (Å²) in [5, 5.41) is 3.35. The lowest BCUT2D eigenvalue weighted by molar-refractivity contribution is 0.329. The van der Waals surface area contributed by atoms with E-state index in [0.29, 0.717) is 13.2 Å². The van der Waals surface area contributed by atoms with E-state index in [2.05, 4.69) is 10.0 Å². The van der Waals surface area contributed by atoms with Crippen molar-refractivity contribution < 1.29 is 13.2 Å². The van der Waals surface area contributed by atoms with Gasteiger partial charge in [-0.15, -0.1) is 0 Å². The Balaban J connectivity index is 2.71. The van der Waals surface area contributed by atoms with E-state index in [-0.39, 0.29) is 6.04 Å². The Hall–Kier alpha value is -1.11. The third-order valence-electron chi connectivity index (χ3n) is 3.00. The minimum Gasteiger partial charge on any atom is -0.494 e. The van der Waals surface area contributed by atoms with Crippen LogP contribution in [-0.2, 0) is 10.0 Å². The molecule has 0 spiro atoms. The van der Waals surface area contributed by atoms with Crippen LogP contribution in [0, 0.1) is 0 Å². The van der Waals surface area contributed by atoms with E-state index in [1.165, 1.54) is 6.26 Å². The number of hydrogen-bond donors (Lipinski definition) is 2. The smallest absolute Gasteiger partial charge is 0.209 e. The average Bonchev–Trinajstić information content (AvgIpc) is 2.34. The summed E-state index contributed by atoms with van der Waals surface area (Å²) in [6.45, 7) is 8.82. The van der Waals surface area contributed by atoms with Gasteiger partial charge in [0.1, 0.15) is 5.75 Å². The number of hydrogen-bond acceptors (Lipinski definition) is 4. The van der Waals surface area contributed by atoms with Gasteiger partial charge in [0.25, 0.3) is 0 Å². The van der Waals surface area contributed by atoms with Crippen LogP contribution in [0.15, 0.2) is 24.3 Å². The number of rotatable bonds is 8. The van der Waals surface area contributed by atoms with Gasteiger partial charge in [-0.25, -0.2) is 13.1 Å². The van der Waals surface area contributed by atoms with Gasteiger partial charge in [-0.1, -0.05) is 18.2 Å². The molecule has 0 amide bonds. The molecule has 0 heterocycles. The van der Waals surface area contributed by atoms with Crippen LogP contribution in [0.3, 0.4) is 0 Å². The molecule has 0 aliphatic rings. The van der Waals surface area contributed by atoms with Crippen LogP contribution in [0.1, 0.15) is 39.3 Å². The fraction of sp³-hybridized carbons (Fsp3) is 0.600. The molecule has 0 saturated carbocycles. The zero-order chi connectivity index (χ0) is 16.1. The third kappa shape index (κ3) is 6.46. The van der Waals surface area contributed by atoms with Crippen LogP contribution in [0.25, 0.3) is 0 Å². The summed E-state index contributed by atoms with van der Waals surface area (Å²) in [6.07, 6.45) is 1.17. The van der Waals surface area contributed by atoms with E-state index in [9.17, 15) is 8.42 Å². The molecule has 0 aliphatic heterocycles. The van der Waals surface area contributed by atoms with Crippen LogP contribution >= 0.6 is 0 Å². The maximum absolute atomic E-state index is 11.3. The maximum Gasteiger partial charge on any atom is 0.209 e. The largest absolute Gasteiger partial charge is 0.494 e. The highest BCUT2D eigenvalue weighted by atomic mass is 32.2. The molecule has 0 aromatic heterocycles. The van der Waals surface area contributed by atoms with E-state index in [4.69, 9.17) is 4.74 Å². The molecule has 1 aromatic rings. The Morgan fingerprint density at radius 1 is 1.29 bits per heavy atom. The van der Waals surface area contributed by atoms with Crippen molar-refractivity contribution in [2.45, 2.75) is 39.3 Å². The number of benzene rings is 1. The van der Waals surface area contributed by atoms with E-state index < -0.39 is 15.6 Å². The molecule has 5 nitrogen and oxygen atoms in total. The van der Waals surface area contributed by atoms with Crippen LogP contribution in [0.4, 0.5) is 0 Å². The Bertz CT molecular complexity index is 556. The first-order valence-corrected chi connectivity index (χ1v) is 8.98. The fourth-order valence-electron chi connectivity index (χ4n) is 2.18. The van der Waals surface area contributed by atoms with Gasteiger partial charge in [0.2, 0.25) is 10.0 Å². The Kier molecular flexibility index (Phi) is 6.19. The summed E-state index contributed by atoms with van der Waals surface area (Å²) < 4.78 is 30.9. The molecule has 1 aromatic carbocycles. The fourth-order valence-corrected chi connectivity index (χ4v) is 3.26. The highest BCUT2D eigenvalue weighted by Crippen LogP contribution is 2.25. The van der Waals surface area contributed by atoms with E-state index in [1.807, 2.05) is 52.0 Å². The first-order chi connectivity index (χ1) is 9.64. The van der Waals surface area contributed by atoms with Crippen molar-refractivity contribution in [3.63, 3.8) is 0 Å². The van der Waals surface area contributed by atoms with Crippen LogP contribution in [0.5, 0.6) is 5.75 Å². The predicted octanol–water partition coefficient (Wildman–Crippen LogP) is 2.06. The number of ether oxygens (including phenoxy) is 1. The molecule has 1 rings (SSSR count). The highest BCUT2D eigenvalue weighted by Gasteiger charge is 2.23. The molecule has 6 heteroatoms. The Morgan fingerprint density at radius 3 is 2.48 bits per heavy atom. The predicted molar refractivity (Wildman–Crippen MR) is 86.1 cm³/mol. The van der Waals surface area contributed by atoms with Crippen LogP contribution in [-0.4, -0.2) is 33.4 Å². The molecule has 1 atom stereocenters. The van der Waals surface area contributed by atoms with Crippen LogP contribution in [0.2, 0.25) is 0 Å². The average molecular weight is 314 g/mol. The lowest BCUT2D eigenvalue weighted by Crippen LogP contribution is -2.50. The molecule has 21 heavy (non-hydrogen) atoms. The number of para-hydroxylation sites is 1. The molecule has 1 unspecified atom stereocenters. The minimum atomic E-state index is -3.23. The van der Waals surface area contributed by atoms with Gasteiger partial charge < -0.3 is 10.1 Å². The highest BCUT2D eigenvalue weighted by molar-refractivity contribution is 7.88. The van der Waals surface area contributed by atoms with Gasteiger partial charge in [0.05, 0.1) is 12.9 Å². The van der Waals surface area contributed by atoms with Crippen molar-refractivity contribution in [1.82, 2.24) is 10.0 Å². The molecular formula is C15H26N2O3S. The zero-order valence-corrected chi connectivity index (χ0v) is 14.3. The van der Waals surface area contributed by atoms with E-state index in [0.717, 1.165) is 11.3 Å². The van der Waals surface area contributed by atoms with Gasteiger partial charge in [0, 0.05) is 23.7 Å². The second kappa shape index (κ2) is 7.24. The first kappa shape index (κ1) is 17.9. The molecule has 120 valence electrons. The molecule has 0 radical (unpaired) electrons. The SMILES string of the molecule is CCOc1ccccc1C(C)NCC(C)(C)NS(C)(=O)=O. The quantitative estimate of drug-likeness (QED) is 0.771. The summed E-state index contributed by atoms with van der Waals surface area (Å²) >= 11 is 0. The van der Waals surface area contributed by atoms with Gasteiger partial charge in [0.15, 0.2) is 0 Å². The molecular weight excluding hydrogens is 288 g/mol. The van der Waals surface area contributed by atoms with Gasteiger partial charge in [-0.05, 0) is 33.8 Å². The van der Waals surface area contributed by atoms with Gasteiger partial charge >= 0.3 is 0 Å². The van der Waals surface area contributed by atoms with Crippen molar-refractivity contribution in [1.29, 1.82) is 0 Å². The Labute approximate surface area is 128 Å². The van der Waals surface area contributed by atoms with Crippen molar-refractivity contribution in [2.75, 3.05) is 19.4 Å². The zero-order valence-electron chi connectivity index (χ0n) is 13.4. The van der Waals surface area contributed by atoms with Gasteiger partial charge in [-0.2, -0.15) is 0 Å². The Morgan fingerprint density at radius 2 is 1.90 bits per heavy atom. The molecule has 2 N–H and O–H groups in total. The molecule has 0 aliphatic carbocycles. The first-order valence-electron chi connectivity index (χ1n) is 7.08. The van der Waals surface area contributed by atoms with Crippen molar-refractivity contribution in [3.8, 4) is 5.75 Å². The third-order valence-corrected chi connectivity index (χ3v) is 3.92. The standard InChI is InChI=1S/C15H26N2O3S/c1-6-20-14-10-8-7-9-13(14)12(2)16-11-15(3,4)17-21(5,18)19/h7-10,12,16-17H,6,11H2,1-5H3. The summed E-state index contributed by atoms with van der Waals surface area (Å²) in [6, 6.07) is 7.93. The summed E-state index contributed by atoms with van der Waals surface area (Å²) in [5.74, 6) is 0.855.